The Kier molecular flexibility index (Phi) is 4.33. The number of hydrogen-bond donors (Lipinski definition) is 2. The van der Waals surface area contributed by atoms with Crippen molar-refractivity contribution in [2.24, 2.45) is 0 Å². The van der Waals surface area contributed by atoms with Gasteiger partial charge in [-0.05, 0) is 59.3 Å². The number of anilines is 1. The number of aryl methyl sites for hydroxylation is 1. The quantitative estimate of drug-likeness (QED) is 0.801. The van der Waals surface area contributed by atoms with Crippen molar-refractivity contribution in [3.05, 3.63) is 56.9 Å². The van der Waals surface area contributed by atoms with Crippen LogP contribution in [0.3, 0.4) is 0 Å². The number of carbonyl (C=O) groups is 2. The van der Waals surface area contributed by atoms with Crippen LogP contribution in [0.1, 0.15) is 26.3 Å². The maximum absolute atomic E-state index is 12.1. The van der Waals surface area contributed by atoms with Crippen LogP contribution in [0, 0.1) is 10.5 Å². The van der Waals surface area contributed by atoms with Crippen molar-refractivity contribution in [3.63, 3.8) is 0 Å². The number of carboxylic acids is 1. The first kappa shape index (κ1) is 14.4. The molecule has 0 aliphatic heterocycles. The molecule has 6 heteroatoms. The molecule has 0 saturated carbocycles. The monoisotopic (exact) mass is 382 g/mol. The summed E-state index contributed by atoms with van der Waals surface area (Å²) in [6.07, 6.45) is 3.08. The van der Waals surface area contributed by atoms with E-state index in [0.717, 1.165) is 9.13 Å². The minimum absolute atomic E-state index is 0.0610. The van der Waals surface area contributed by atoms with Crippen molar-refractivity contribution >= 4 is 40.2 Å². The van der Waals surface area contributed by atoms with Gasteiger partial charge in [0.25, 0.3) is 5.91 Å². The minimum Gasteiger partial charge on any atom is -0.478 e. The molecule has 0 atom stereocenters. The van der Waals surface area contributed by atoms with E-state index in [1.54, 1.807) is 24.4 Å². The molecule has 0 unspecified atom stereocenters. The highest BCUT2D eigenvalue weighted by Gasteiger charge is 2.14. The number of halogens is 1. The minimum atomic E-state index is -1.08. The summed E-state index contributed by atoms with van der Waals surface area (Å²) in [5, 5.41) is 11.8. The number of nitrogens with zero attached hydrogens (tertiary/aromatic N) is 1. The largest absolute Gasteiger partial charge is 0.478 e. The van der Waals surface area contributed by atoms with Gasteiger partial charge in [0.1, 0.15) is 0 Å². The highest BCUT2D eigenvalue weighted by molar-refractivity contribution is 14.1. The second kappa shape index (κ2) is 6.00. The summed E-state index contributed by atoms with van der Waals surface area (Å²) in [6.45, 7) is 1.83. The second-order valence-electron chi connectivity index (χ2n) is 4.20. The van der Waals surface area contributed by atoms with Gasteiger partial charge in [0.2, 0.25) is 0 Å². The molecule has 1 aromatic carbocycles. The number of aromatic nitrogens is 1. The molecule has 0 aliphatic rings. The predicted molar refractivity (Wildman–Crippen MR) is 83.0 cm³/mol. The number of rotatable bonds is 3. The SMILES string of the molecule is Cc1cncc(C(=O)Nc2ccc(I)cc2C(=O)O)c1. The van der Waals surface area contributed by atoms with E-state index >= 15 is 0 Å². The van der Waals surface area contributed by atoms with Crippen LogP contribution in [0.4, 0.5) is 5.69 Å². The lowest BCUT2D eigenvalue weighted by molar-refractivity contribution is 0.0698. The first-order chi connectivity index (χ1) is 9.47. The van der Waals surface area contributed by atoms with Gasteiger partial charge in [-0.2, -0.15) is 0 Å². The molecule has 0 spiro atoms. The summed E-state index contributed by atoms with van der Waals surface area (Å²) >= 11 is 2.02. The van der Waals surface area contributed by atoms with Crippen LogP contribution in [0.5, 0.6) is 0 Å². The summed E-state index contributed by atoms with van der Waals surface area (Å²) in [4.78, 5) is 27.2. The van der Waals surface area contributed by atoms with E-state index in [0.29, 0.717) is 5.56 Å². The maximum atomic E-state index is 12.1. The molecule has 1 heterocycles. The van der Waals surface area contributed by atoms with E-state index in [1.807, 2.05) is 29.5 Å². The highest BCUT2D eigenvalue weighted by Crippen LogP contribution is 2.19. The van der Waals surface area contributed by atoms with E-state index < -0.39 is 5.97 Å². The van der Waals surface area contributed by atoms with Gasteiger partial charge in [-0.3, -0.25) is 9.78 Å². The third-order valence-corrected chi connectivity index (χ3v) is 3.27. The van der Waals surface area contributed by atoms with Gasteiger partial charge >= 0.3 is 5.97 Å². The Balaban J connectivity index is 2.30. The van der Waals surface area contributed by atoms with Crippen LogP contribution in [0.25, 0.3) is 0 Å². The van der Waals surface area contributed by atoms with Gasteiger partial charge < -0.3 is 10.4 Å². The lowest BCUT2D eigenvalue weighted by atomic mass is 10.1. The summed E-state index contributed by atoms with van der Waals surface area (Å²) in [5.74, 6) is -1.47. The smallest absolute Gasteiger partial charge is 0.337 e. The van der Waals surface area contributed by atoms with Gasteiger partial charge in [0.15, 0.2) is 0 Å². The van der Waals surface area contributed by atoms with Gasteiger partial charge in [-0.1, -0.05) is 0 Å². The molecule has 0 bridgehead atoms. The number of hydrogen-bond acceptors (Lipinski definition) is 3. The molecule has 2 N–H and O–H groups in total. The van der Waals surface area contributed by atoms with Gasteiger partial charge in [-0.15, -0.1) is 0 Å². The Labute approximate surface area is 129 Å². The second-order valence-corrected chi connectivity index (χ2v) is 5.45. The third-order valence-electron chi connectivity index (χ3n) is 2.60. The zero-order valence-electron chi connectivity index (χ0n) is 10.6. The fraction of sp³-hybridized carbons (Fsp3) is 0.0714. The van der Waals surface area contributed by atoms with Crippen LogP contribution in [-0.2, 0) is 0 Å². The van der Waals surface area contributed by atoms with Crippen LogP contribution < -0.4 is 5.32 Å². The number of carboxylic acid groups (broad SMARTS) is 1. The molecule has 0 fully saturated rings. The van der Waals surface area contributed by atoms with Gasteiger partial charge in [-0.25, -0.2) is 4.79 Å². The van der Waals surface area contributed by atoms with Crippen molar-refractivity contribution < 1.29 is 14.7 Å². The van der Waals surface area contributed by atoms with Crippen LogP contribution >= 0.6 is 22.6 Å². The lowest BCUT2D eigenvalue weighted by Crippen LogP contribution is -2.15. The molecule has 102 valence electrons. The summed E-state index contributed by atoms with van der Waals surface area (Å²) in [5.41, 5.74) is 1.58. The maximum Gasteiger partial charge on any atom is 0.337 e. The first-order valence-corrected chi connectivity index (χ1v) is 6.81. The molecule has 1 aromatic heterocycles. The molecule has 0 radical (unpaired) electrons. The number of nitrogens with one attached hydrogen (secondary N) is 1. The molecule has 2 aromatic rings. The Morgan fingerprint density at radius 2 is 2.00 bits per heavy atom. The van der Waals surface area contributed by atoms with E-state index in [1.165, 1.54) is 12.3 Å². The molecule has 5 nitrogen and oxygen atoms in total. The van der Waals surface area contributed by atoms with Crippen LogP contribution in [0.2, 0.25) is 0 Å². The van der Waals surface area contributed by atoms with Crippen molar-refractivity contribution in [3.8, 4) is 0 Å². The molecular formula is C14H11IN2O3. The zero-order valence-corrected chi connectivity index (χ0v) is 12.7. The predicted octanol–water partition coefficient (Wildman–Crippen LogP) is 2.95. The average molecular weight is 382 g/mol. The molecular weight excluding hydrogens is 371 g/mol. The number of carbonyl (C=O) groups excluding carboxylic acids is 1. The lowest BCUT2D eigenvalue weighted by Gasteiger charge is -2.09. The average Bonchev–Trinajstić information content (AvgIpc) is 2.40. The summed E-state index contributed by atoms with van der Waals surface area (Å²) in [6, 6.07) is 6.51. The van der Waals surface area contributed by atoms with E-state index in [4.69, 9.17) is 5.11 Å². The molecule has 1 amide bonds. The number of benzene rings is 1. The van der Waals surface area contributed by atoms with Gasteiger partial charge in [0.05, 0.1) is 16.8 Å². The van der Waals surface area contributed by atoms with E-state index in [9.17, 15) is 9.59 Å². The molecule has 20 heavy (non-hydrogen) atoms. The van der Waals surface area contributed by atoms with Crippen LogP contribution in [0.15, 0.2) is 36.7 Å². The Bertz CT molecular complexity index is 686. The Morgan fingerprint density at radius 1 is 1.25 bits per heavy atom. The third kappa shape index (κ3) is 3.32. The summed E-state index contributed by atoms with van der Waals surface area (Å²) < 4.78 is 0.787. The van der Waals surface area contributed by atoms with Crippen LogP contribution in [-0.4, -0.2) is 22.0 Å². The topological polar surface area (TPSA) is 79.3 Å². The highest BCUT2D eigenvalue weighted by atomic mass is 127. The van der Waals surface area contributed by atoms with Crippen molar-refractivity contribution in [1.82, 2.24) is 4.98 Å². The standard InChI is InChI=1S/C14H11IN2O3/c1-8-4-9(7-16-6-8)13(18)17-12-3-2-10(15)5-11(12)14(19)20/h2-7H,1H3,(H,17,18)(H,19,20). The zero-order chi connectivity index (χ0) is 14.7. The van der Waals surface area contributed by atoms with Crippen molar-refractivity contribution in [2.45, 2.75) is 6.92 Å². The van der Waals surface area contributed by atoms with Gasteiger partial charge in [0, 0.05) is 16.0 Å². The van der Waals surface area contributed by atoms with Crippen molar-refractivity contribution in [2.75, 3.05) is 5.32 Å². The molecule has 0 saturated heterocycles. The molecule has 2 rings (SSSR count). The summed E-state index contributed by atoms with van der Waals surface area (Å²) in [7, 11) is 0. The Hall–Kier alpha value is -1.96. The fourth-order valence-electron chi connectivity index (χ4n) is 1.68. The number of amides is 1. The van der Waals surface area contributed by atoms with E-state index in [2.05, 4.69) is 10.3 Å². The Morgan fingerprint density at radius 3 is 2.65 bits per heavy atom. The number of aromatic carboxylic acids is 1. The first-order valence-electron chi connectivity index (χ1n) is 5.73. The molecule has 0 aliphatic carbocycles. The fourth-order valence-corrected chi connectivity index (χ4v) is 2.17. The van der Waals surface area contributed by atoms with E-state index in [-0.39, 0.29) is 17.2 Å². The van der Waals surface area contributed by atoms with Crippen molar-refractivity contribution in [1.29, 1.82) is 0 Å². The number of pyridine rings is 1. The normalized spacial score (nSPS) is 10.1.